The molecule has 286 valence electrons. The summed E-state index contributed by atoms with van der Waals surface area (Å²) in [6.45, 7) is 10.2. The van der Waals surface area contributed by atoms with Gasteiger partial charge in [-0.05, 0) is 65.5 Å². The summed E-state index contributed by atoms with van der Waals surface area (Å²) in [4.78, 5) is 76.1. The van der Waals surface area contributed by atoms with Crippen molar-refractivity contribution in [2.45, 2.75) is 109 Å². The average Bonchev–Trinajstić information content (AvgIpc) is 3.03. The summed E-state index contributed by atoms with van der Waals surface area (Å²) < 4.78 is 10.5. The standard InChI is InChI=1S/C37H53N5O10/c1-36(2,3)51-34(49)39-20-19-38-32(47)28(22-25-15-11-8-12-16-25)41-33(48)26(17-18-31(45)46)40-30(44)23-29(43)27(21-24-13-9-7-10-14-24)42-35(50)52-37(4,5)6/h7-16,26-29,43H,17-23H2,1-6H3,(H,38,47)(H,39,49)(H,40,44)(H,41,48)(H,42,50)(H,45,46)/t26-,27-,28-,29-/m0/s1. The summed E-state index contributed by atoms with van der Waals surface area (Å²) in [5.41, 5.74) is -0.0407. The molecule has 0 aliphatic carbocycles. The quantitative estimate of drug-likeness (QED) is 0.111. The summed E-state index contributed by atoms with van der Waals surface area (Å²) in [5, 5.41) is 33.4. The smallest absolute Gasteiger partial charge is 0.407 e. The number of carboxylic acid groups (broad SMARTS) is 1. The first-order chi connectivity index (χ1) is 24.3. The van der Waals surface area contributed by atoms with E-state index in [9.17, 15) is 39.0 Å². The number of rotatable bonds is 18. The van der Waals surface area contributed by atoms with Crippen LogP contribution in [-0.4, -0.2) is 94.6 Å². The fourth-order valence-corrected chi connectivity index (χ4v) is 4.85. The predicted octanol–water partition coefficient (Wildman–Crippen LogP) is 2.59. The molecule has 0 bridgehead atoms. The van der Waals surface area contributed by atoms with E-state index in [1.807, 2.05) is 6.07 Å². The lowest BCUT2D eigenvalue weighted by molar-refractivity contribution is -0.138. The number of ether oxygens (including phenoxy) is 2. The number of hydrogen-bond donors (Lipinski definition) is 7. The molecule has 2 aromatic rings. The van der Waals surface area contributed by atoms with Crippen LogP contribution in [0.4, 0.5) is 9.59 Å². The van der Waals surface area contributed by atoms with Crippen LogP contribution in [0.2, 0.25) is 0 Å². The summed E-state index contributed by atoms with van der Waals surface area (Å²) in [6.07, 6.45) is -4.02. The summed E-state index contributed by atoms with van der Waals surface area (Å²) in [5.74, 6) is -3.41. The highest BCUT2D eigenvalue weighted by molar-refractivity contribution is 5.92. The van der Waals surface area contributed by atoms with Crippen LogP contribution < -0.4 is 26.6 Å². The Morgan fingerprint density at radius 3 is 1.71 bits per heavy atom. The van der Waals surface area contributed by atoms with Gasteiger partial charge in [0.15, 0.2) is 0 Å². The first-order valence-electron chi connectivity index (χ1n) is 17.1. The van der Waals surface area contributed by atoms with Gasteiger partial charge in [0.1, 0.15) is 23.3 Å². The summed E-state index contributed by atoms with van der Waals surface area (Å²) in [7, 11) is 0. The predicted molar refractivity (Wildman–Crippen MR) is 192 cm³/mol. The van der Waals surface area contributed by atoms with E-state index in [0.29, 0.717) is 5.56 Å². The van der Waals surface area contributed by atoms with Crippen molar-refractivity contribution >= 4 is 35.9 Å². The van der Waals surface area contributed by atoms with E-state index in [-0.39, 0.29) is 32.4 Å². The molecule has 5 amide bonds. The van der Waals surface area contributed by atoms with Gasteiger partial charge in [0, 0.05) is 25.9 Å². The van der Waals surface area contributed by atoms with E-state index >= 15 is 0 Å². The van der Waals surface area contributed by atoms with Crippen LogP contribution in [0.25, 0.3) is 0 Å². The second-order valence-electron chi connectivity index (χ2n) is 14.2. The molecule has 0 spiro atoms. The van der Waals surface area contributed by atoms with Gasteiger partial charge in [-0.2, -0.15) is 0 Å². The normalized spacial score (nSPS) is 13.7. The van der Waals surface area contributed by atoms with Gasteiger partial charge in [-0.25, -0.2) is 9.59 Å². The fourth-order valence-electron chi connectivity index (χ4n) is 4.85. The number of alkyl carbamates (subject to hydrolysis) is 2. The molecule has 0 saturated heterocycles. The first-order valence-corrected chi connectivity index (χ1v) is 17.1. The molecule has 4 atom stereocenters. The number of aliphatic hydroxyl groups excluding tert-OH is 1. The minimum absolute atomic E-state index is 0.0117. The molecule has 0 unspecified atom stereocenters. The van der Waals surface area contributed by atoms with Crippen molar-refractivity contribution in [3.63, 3.8) is 0 Å². The molecule has 2 rings (SSSR count). The third-order valence-corrected chi connectivity index (χ3v) is 7.17. The van der Waals surface area contributed by atoms with Gasteiger partial charge in [0.2, 0.25) is 17.7 Å². The van der Waals surface area contributed by atoms with Gasteiger partial charge >= 0.3 is 18.2 Å². The van der Waals surface area contributed by atoms with Crippen molar-refractivity contribution < 1.29 is 48.5 Å². The minimum Gasteiger partial charge on any atom is -0.481 e. The maximum Gasteiger partial charge on any atom is 0.407 e. The average molecular weight is 728 g/mol. The van der Waals surface area contributed by atoms with Crippen LogP contribution in [-0.2, 0) is 41.5 Å². The molecule has 15 nitrogen and oxygen atoms in total. The zero-order valence-electron chi connectivity index (χ0n) is 30.7. The van der Waals surface area contributed by atoms with Gasteiger partial charge in [-0.3, -0.25) is 19.2 Å². The Bertz CT molecular complexity index is 1480. The lowest BCUT2D eigenvalue weighted by Crippen LogP contribution is -2.55. The summed E-state index contributed by atoms with van der Waals surface area (Å²) >= 11 is 0. The van der Waals surface area contributed by atoms with Crippen molar-refractivity contribution in [2.75, 3.05) is 13.1 Å². The first kappa shape index (κ1) is 43.0. The van der Waals surface area contributed by atoms with Gasteiger partial charge in [0.05, 0.1) is 18.6 Å². The van der Waals surface area contributed by atoms with E-state index in [0.717, 1.165) is 5.56 Å². The lowest BCUT2D eigenvalue weighted by atomic mass is 9.98. The molecule has 0 radical (unpaired) electrons. The SMILES string of the molecule is CC(C)(C)OC(=O)NCCNC(=O)[C@H](Cc1ccccc1)NC(=O)[C@H](CCC(=O)O)NC(=O)C[C@H](O)[C@H](Cc1ccccc1)NC(=O)OC(C)(C)C. The Labute approximate surface area is 304 Å². The van der Waals surface area contributed by atoms with E-state index in [1.54, 1.807) is 96.1 Å². The molecule has 0 heterocycles. The van der Waals surface area contributed by atoms with Crippen LogP contribution in [0.15, 0.2) is 60.7 Å². The zero-order chi connectivity index (χ0) is 38.9. The third-order valence-electron chi connectivity index (χ3n) is 7.17. The van der Waals surface area contributed by atoms with Crippen LogP contribution in [0, 0.1) is 0 Å². The second kappa shape index (κ2) is 20.6. The highest BCUT2D eigenvalue weighted by Crippen LogP contribution is 2.13. The Morgan fingerprint density at radius 2 is 1.17 bits per heavy atom. The van der Waals surface area contributed by atoms with Crippen LogP contribution in [0.1, 0.15) is 71.9 Å². The van der Waals surface area contributed by atoms with Gasteiger partial charge in [0.25, 0.3) is 0 Å². The van der Waals surface area contributed by atoms with E-state index in [2.05, 4.69) is 26.6 Å². The van der Waals surface area contributed by atoms with Gasteiger partial charge in [-0.15, -0.1) is 0 Å². The number of aliphatic carboxylic acids is 1. The third kappa shape index (κ3) is 18.2. The van der Waals surface area contributed by atoms with Crippen molar-refractivity contribution in [1.82, 2.24) is 26.6 Å². The number of carbonyl (C=O) groups excluding carboxylic acids is 5. The molecule has 7 N–H and O–H groups in total. The second-order valence-corrected chi connectivity index (χ2v) is 14.2. The number of nitrogens with one attached hydrogen (secondary N) is 5. The molecule has 0 aliphatic rings. The molecule has 52 heavy (non-hydrogen) atoms. The highest BCUT2D eigenvalue weighted by Gasteiger charge is 2.31. The van der Waals surface area contributed by atoms with E-state index in [4.69, 9.17) is 9.47 Å². The lowest BCUT2D eigenvalue weighted by Gasteiger charge is -2.27. The number of benzene rings is 2. The number of amides is 5. The maximum absolute atomic E-state index is 13.6. The van der Waals surface area contributed by atoms with Gasteiger partial charge < -0.3 is 46.3 Å². The molecule has 15 heteroatoms. The van der Waals surface area contributed by atoms with Gasteiger partial charge in [-0.1, -0.05) is 60.7 Å². The molecule has 0 aromatic heterocycles. The minimum atomic E-state index is -1.43. The van der Waals surface area contributed by atoms with Crippen LogP contribution in [0.3, 0.4) is 0 Å². The Balaban J connectivity index is 2.17. The molecule has 2 aromatic carbocycles. The van der Waals surface area contributed by atoms with Crippen LogP contribution >= 0.6 is 0 Å². The van der Waals surface area contributed by atoms with Crippen molar-refractivity contribution in [3.8, 4) is 0 Å². The summed E-state index contributed by atoms with van der Waals surface area (Å²) in [6, 6.07) is 14.3. The Morgan fingerprint density at radius 1 is 0.654 bits per heavy atom. The zero-order valence-corrected chi connectivity index (χ0v) is 30.7. The van der Waals surface area contributed by atoms with E-state index in [1.165, 1.54) is 0 Å². The molecule has 0 saturated carbocycles. The molecular weight excluding hydrogens is 674 g/mol. The van der Waals surface area contributed by atoms with Crippen molar-refractivity contribution in [1.29, 1.82) is 0 Å². The number of carboxylic acids is 1. The topological polar surface area (TPSA) is 221 Å². The molecule has 0 aliphatic heterocycles. The van der Waals surface area contributed by atoms with Crippen molar-refractivity contribution in [3.05, 3.63) is 71.8 Å². The Hall–Kier alpha value is -5.18. The number of aliphatic hydroxyl groups is 1. The Kier molecular flexibility index (Phi) is 17.0. The monoisotopic (exact) mass is 727 g/mol. The van der Waals surface area contributed by atoms with E-state index < -0.39 is 84.2 Å². The number of carbonyl (C=O) groups is 6. The fraction of sp³-hybridized carbons (Fsp3) is 0.514. The number of hydrogen-bond acceptors (Lipinski definition) is 9. The maximum atomic E-state index is 13.6. The highest BCUT2D eigenvalue weighted by atomic mass is 16.6. The van der Waals surface area contributed by atoms with Crippen LogP contribution in [0.5, 0.6) is 0 Å². The molecule has 0 fully saturated rings. The van der Waals surface area contributed by atoms with Crippen molar-refractivity contribution in [2.24, 2.45) is 0 Å². The molecular formula is C37H53N5O10. The largest absolute Gasteiger partial charge is 0.481 e.